The normalized spacial score (nSPS) is 46.5. The molecule has 0 amide bonds. The zero-order valence-corrected chi connectivity index (χ0v) is 10.2. The molecule has 4 unspecified atom stereocenters. The van der Waals surface area contributed by atoms with Crippen molar-refractivity contribution in [3.05, 3.63) is 0 Å². The lowest BCUT2D eigenvalue weighted by Gasteiger charge is -2.56. The molecule has 0 radical (unpaired) electrons. The first-order valence-electron chi connectivity index (χ1n) is 6.31. The number of carboxylic acid groups (broad SMARTS) is 1. The summed E-state index contributed by atoms with van der Waals surface area (Å²) in [5.41, 5.74) is -1.00. The van der Waals surface area contributed by atoms with Crippen LogP contribution in [0, 0.1) is 22.7 Å². The highest BCUT2D eigenvalue weighted by atomic mass is 16.5. The van der Waals surface area contributed by atoms with Gasteiger partial charge in [0.1, 0.15) is 6.10 Å². The van der Waals surface area contributed by atoms with E-state index in [1.54, 1.807) is 0 Å². The molecule has 2 aliphatic carbocycles. The first-order chi connectivity index (χ1) is 7.87. The fourth-order valence-corrected chi connectivity index (χ4v) is 4.30. The van der Waals surface area contributed by atoms with Gasteiger partial charge in [0.25, 0.3) is 0 Å². The number of carboxylic acids is 1. The number of rotatable bonds is 1. The van der Waals surface area contributed by atoms with E-state index in [0.717, 1.165) is 12.8 Å². The minimum absolute atomic E-state index is 0.170. The number of esters is 1. The van der Waals surface area contributed by atoms with Crippen LogP contribution in [0.5, 0.6) is 0 Å². The van der Waals surface area contributed by atoms with Gasteiger partial charge < -0.3 is 9.84 Å². The molecule has 0 aromatic rings. The van der Waals surface area contributed by atoms with Crippen LogP contribution in [0.15, 0.2) is 0 Å². The second kappa shape index (κ2) is 3.03. The van der Waals surface area contributed by atoms with Crippen LogP contribution in [-0.2, 0) is 14.3 Å². The van der Waals surface area contributed by atoms with Gasteiger partial charge in [0.2, 0.25) is 0 Å². The molecule has 2 saturated carbocycles. The largest absolute Gasteiger partial charge is 0.481 e. The second-order valence-corrected chi connectivity index (χ2v) is 6.44. The molecule has 2 saturated heterocycles. The van der Waals surface area contributed by atoms with E-state index in [4.69, 9.17) is 4.74 Å². The summed E-state index contributed by atoms with van der Waals surface area (Å²) in [5.74, 6) is -0.824. The molecule has 2 heterocycles. The van der Waals surface area contributed by atoms with Gasteiger partial charge in [-0.15, -0.1) is 0 Å². The highest BCUT2D eigenvalue weighted by Gasteiger charge is 2.65. The van der Waals surface area contributed by atoms with E-state index >= 15 is 0 Å². The van der Waals surface area contributed by atoms with Crippen molar-refractivity contribution in [2.24, 2.45) is 22.7 Å². The number of carbonyl (C=O) groups is 2. The minimum Gasteiger partial charge on any atom is -0.481 e. The van der Waals surface area contributed by atoms with Crippen molar-refractivity contribution >= 4 is 11.9 Å². The smallest absolute Gasteiger partial charge is 0.310 e. The first-order valence-corrected chi connectivity index (χ1v) is 6.31. The number of hydrogen-bond acceptors (Lipinski definition) is 3. The van der Waals surface area contributed by atoms with Crippen LogP contribution in [0.25, 0.3) is 0 Å². The Balaban J connectivity index is 2.13. The van der Waals surface area contributed by atoms with Crippen LogP contribution in [-0.4, -0.2) is 23.1 Å². The molecule has 4 nitrogen and oxygen atoms in total. The Morgan fingerprint density at radius 2 is 2.06 bits per heavy atom. The standard InChI is InChI=1S/C13H18O4/c1-12(2)8-3-7-5-13(12,11(15)16)6-9(4-8)17-10(7)14/h7-9H,3-6H2,1-2H3,(H,15,16). The van der Waals surface area contributed by atoms with Crippen LogP contribution in [0.1, 0.15) is 39.5 Å². The monoisotopic (exact) mass is 238 g/mol. The Hall–Kier alpha value is -1.06. The Kier molecular flexibility index (Phi) is 1.97. The third-order valence-electron chi connectivity index (χ3n) is 5.57. The molecule has 4 fully saturated rings. The molecular formula is C13H18O4. The van der Waals surface area contributed by atoms with Gasteiger partial charge in [0.15, 0.2) is 0 Å². The average molecular weight is 238 g/mol. The zero-order valence-electron chi connectivity index (χ0n) is 10.2. The molecule has 94 valence electrons. The molecule has 4 heteroatoms. The third kappa shape index (κ3) is 1.19. The number of ether oxygens (including phenoxy) is 1. The van der Waals surface area contributed by atoms with E-state index in [-0.39, 0.29) is 23.4 Å². The number of carbonyl (C=O) groups excluding carboxylic acids is 1. The van der Waals surface area contributed by atoms with E-state index in [0.29, 0.717) is 18.8 Å². The van der Waals surface area contributed by atoms with Gasteiger partial charge in [-0.25, -0.2) is 0 Å². The summed E-state index contributed by atoms with van der Waals surface area (Å²) >= 11 is 0. The summed E-state index contributed by atoms with van der Waals surface area (Å²) < 4.78 is 5.40. The van der Waals surface area contributed by atoms with E-state index in [1.165, 1.54) is 0 Å². The Morgan fingerprint density at radius 1 is 1.35 bits per heavy atom. The van der Waals surface area contributed by atoms with Crippen molar-refractivity contribution in [1.29, 1.82) is 0 Å². The Morgan fingerprint density at radius 3 is 2.71 bits per heavy atom. The SMILES string of the molecule is CC1(C)C2CC3CC1(C(=O)O)CC(C2)C(=O)O3. The molecule has 4 rings (SSSR count). The maximum atomic E-state index is 11.8. The summed E-state index contributed by atoms with van der Waals surface area (Å²) in [5, 5.41) is 9.66. The highest BCUT2D eigenvalue weighted by molar-refractivity contribution is 5.81. The maximum absolute atomic E-state index is 11.8. The molecule has 2 aliphatic heterocycles. The fourth-order valence-electron chi connectivity index (χ4n) is 4.30. The molecular weight excluding hydrogens is 220 g/mol. The Bertz CT molecular complexity index is 400. The fraction of sp³-hybridized carbons (Fsp3) is 0.846. The molecule has 4 atom stereocenters. The van der Waals surface area contributed by atoms with E-state index in [9.17, 15) is 14.7 Å². The van der Waals surface area contributed by atoms with Gasteiger partial charge in [-0.1, -0.05) is 13.8 Å². The van der Waals surface area contributed by atoms with Crippen molar-refractivity contribution < 1.29 is 19.4 Å². The van der Waals surface area contributed by atoms with Gasteiger partial charge >= 0.3 is 11.9 Å². The number of fused-ring (bicyclic) bond motifs is 1. The van der Waals surface area contributed by atoms with Gasteiger partial charge in [-0.2, -0.15) is 0 Å². The lowest BCUT2D eigenvalue weighted by atomic mass is 9.46. The third-order valence-corrected chi connectivity index (χ3v) is 5.57. The minimum atomic E-state index is -0.768. The zero-order chi connectivity index (χ0) is 12.4. The predicted octanol–water partition coefficient (Wildman–Crippen LogP) is 1.83. The van der Waals surface area contributed by atoms with Crippen molar-refractivity contribution in [3.63, 3.8) is 0 Å². The van der Waals surface area contributed by atoms with Crippen molar-refractivity contribution in [1.82, 2.24) is 0 Å². The second-order valence-electron chi connectivity index (χ2n) is 6.44. The van der Waals surface area contributed by atoms with Crippen LogP contribution in [0.2, 0.25) is 0 Å². The number of hydrogen-bond donors (Lipinski definition) is 1. The van der Waals surface area contributed by atoms with E-state index in [1.807, 2.05) is 13.8 Å². The summed E-state index contributed by atoms with van der Waals surface area (Å²) in [6, 6.07) is 0. The lowest BCUT2D eigenvalue weighted by Crippen LogP contribution is -2.57. The maximum Gasteiger partial charge on any atom is 0.310 e. The van der Waals surface area contributed by atoms with Crippen molar-refractivity contribution in [3.8, 4) is 0 Å². The van der Waals surface area contributed by atoms with Crippen LogP contribution in [0.4, 0.5) is 0 Å². The van der Waals surface area contributed by atoms with Gasteiger partial charge in [-0.3, -0.25) is 9.59 Å². The quantitative estimate of drug-likeness (QED) is 0.708. The van der Waals surface area contributed by atoms with Gasteiger partial charge in [0.05, 0.1) is 11.3 Å². The first kappa shape index (κ1) is 11.1. The van der Waals surface area contributed by atoms with Gasteiger partial charge in [-0.05, 0) is 30.6 Å². The summed E-state index contributed by atoms with van der Waals surface area (Å²) in [4.78, 5) is 23.6. The van der Waals surface area contributed by atoms with E-state index in [2.05, 4.69) is 0 Å². The summed E-state index contributed by atoms with van der Waals surface area (Å²) in [7, 11) is 0. The average Bonchev–Trinajstić information content (AvgIpc) is 2.38. The lowest BCUT2D eigenvalue weighted by molar-refractivity contribution is -0.178. The van der Waals surface area contributed by atoms with Crippen LogP contribution >= 0.6 is 0 Å². The van der Waals surface area contributed by atoms with Crippen molar-refractivity contribution in [2.45, 2.75) is 45.6 Å². The molecule has 0 spiro atoms. The van der Waals surface area contributed by atoms with Gasteiger partial charge in [0, 0.05) is 6.42 Å². The Labute approximate surface area is 100 Å². The van der Waals surface area contributed by atoms with Crippen LogP contribution in [0.3, 0.4) is 0 Å². The molecule has 0 aromatic carbocycles. The highest BCUT2D eigenvalue weighted by Crippen LogP contribution is 2.64. The molecule has 17 heavy (non-hydrogen) atoms. The predicted molar refractivity (Wildman–Crippen MR) is 59.2 cm³/mol. The summed E-state index contributed by atoms with van der Waals surface area (Å²) in [6.07, 6.45) is 2.42. The molecule has 4 bridgehead atoms. The molecule has 1 N–H and O–H groups in total. The topological polar surface area (TPSA) is 63.6 Å². The number of aliphatic carboxylic acids is 1. The molecule has 0 aromatic heterocycles. The van der Waals surface area contributed by atoms with Crippen molar-refractivity contribution in [2.75, 3.05) is 0 Å². The summed E-state index contributed by atoms with van der Waals surface area (Å²) in [6.45, 7) is 4.10. The molecule has 4 aliphatic rings. The van der Waals surface area contributed by atoms with Crippen LogP contribution < -0.4 is 0 Å². The van der Waals surface area contributed by atoms with E-state index < -0.39 is 11.4 Å².